The number of amides is 3. The van der Waals surface area contributed by atoms with Crippen LogP contribution in [-0.2, 0) is 4.79 Å². The number of carboxylic acids is 1. The first-order chi connectivity index (χ1) is 16.1. The fraction of sp³-hybridized carbons (Fsp3) is 0.160. The average molecular weight is 484 g/mol. The molecule has 0 fully saturated rings. The maximum atomic E-state index is 13.2. The first-order valence-corrected chi connectivity index (χ1v) is 10.8. The molecule has 0 bridgehead atoms. The molecular formula is C25H23ClFN3O4. The van der Waals surface area contributed by atoms with Crippen molar-refractivity contribution in [2.45, 2.75) is 19.9 Å². The summed E-state index contributed by atoms with van der Waals surface area (Å²) in [6, 6.07) is 16.2. The summed E-state index contributed by atoms with van der Waals surface area (Å²) in [5.41, 5.74) is 2.94. The van der Waals surface area contributed by atoms with Crippen molar-refractivity contribution in [3.05, 3.63) is 83.1 Å². The summed E-state index contributed by atoms with van der Waals surface area (Å²) in [6.07, 6.45) is 0. The second-order valence-corrected chi connectivity index (χ2v) is 8.30. The number of carbonyl (C=O) groups is 3. The molecule has 0 aliphatic heterocycles. The maximum absolute atomic E-state index is 13.2. The Morgan fingerprint density at radius 2 is 1.38 bits per heavy atom. The fourth-order valence-electron chi connectivity index (χ4n) is 3.17. The number of rotatable bonds is 7. The van der Waals surface area contributed by atoms with Crippen molar-refractivity contribution in [2.24, 2.45) is 5.92 Å². The maximum Gasteiger partial charge on any atom is 0.326 e. The highest BCUT2D eigenvalue weighted by molar-refractivity contribution is 6.31. The van der Waals surface area contributed by atoms with Crippen molar-refractivity contribution in [2.75, 3.05) is 10.6 Å². The van der Waals surface area contributed by atoms with Crippen molar-refractivity contribution in [3.8, 4) is 11.1 Å². The molecule has 1 atom stereocenters. The standard InChI is InChI=1S/C25H23ClFN3O4/c1-14(2)22(24(32)33)30-23(31)17-5-3-15(4-6-17)16-7-9-18(10-8-16)28-25(34)29-19-11-12-21(27)20(26)13-19/h3-14,22H,1-2H3,(H,30,31)(H,32,33)(H2,28,29,34)/t22-/m0/s1. The van der Waals surface area contributed by atoms with Gasteiger partial charge < -0.3 is 21.1 Å². The minimum atomic E-state index is -1.08. The Bertz CT molecular complexity index is 1200. The molecule has 0 aromatic heterocycles. The second kappa shape index (κ2) is 10.8. The zero-order valence-corrected chi connectivity index (χ0v) is 19.2. The lowest BCUT2D eigenvalue weighted by Crippen LogP contribution is -2.44. The molecule has 0 spiro atoms. The van der Waals surface area contributed by atoms with Gasteiger partial charge in [-0.3, -0.25) is 4.79 Å². The molecule has 0 unspecified atom stereocenters. The lowest BCUT2D eigenvalue weighted by atomic mass is 10.0. The van der Waals surface area contributed by atoms with Crippen LogP contribution in [-0.4, -0.2) is 29.1 Å². The van der Waals surface area contributed by atoms with Gasteiger partial charge in [-0.2, -0.15) is 0 Å². The molecule has 3 rings (SSSR count). The van der Waals surface area contributed by atoms with Gasteiger partial charge in [0.2, 0.25) is 0 Å². The quantitative estimate of drug-likeness (QED) is 0.349. The molecule has 0 saturated carbocycles. The van der Waals surface area contributed by atoms with E-state index >= 15 is 0 Å². The van der Waals surface area contributed by atoms with E-state index in [9.17, 15) is 23.9 Å². The average Bonchev–Trinajstić information content (AvgIpc) is 2.80. The predicted molar refractivity (Wildman–Crippen MR) is 130 cm³/mol. The first-order valence-electron chi connectivity index (χ1n) is 10.4. The second-order valence-electron chi connectivity index (χ2n) is 7.90. The first kappa shape index (κ1) is 24.7. The highest BCUT2D eigenvalue weighted by Gasteiger charge is 2.23. The SMILES string of the molecule is CC(C)[C@H](NC(=O)c1ccc(-c2ccc(NC(=O)Nc3ccc(F)c(Cl)c3)cc2)cc1)C(=O)O. The summed E-state index contributed by atoms with van der Waals surface area (Å²) in [4.78, 5) is 35.8. The van der Waals surface area contributed by atoms with Gasteiger partial charge in [-0.05, 0) is 59.5 Å². The summed E-state index contributed by atoms with van der Waals surface area (Å²) in [6.45, 7) is 3.45. The van der Waals surface area contributed by atoms with Crippen molar-refractivity contribution < 1.29 is 23.9 Å². The zero-order chi connectivity index (χ0) is 24.8. The van der Waals surface area contributed by atoms with E-state index < -0.39 is 29.8 Å². The molecule has 3 aromatic carbocycles. The van der Waals surface area contributed by atoms with Gasteiger partial charge in [0.1, 0.15) is 11.9 Å². The largest absolute Gasteiger partial charge is 0.480 e. The smallest absolute Gasteiger partial charge is 0.326 e. The topological polar surface area (TPSA) is 108 Å². The van der Waals surface area contributed by atoms with Crippen molar-refractivity contribution in [1.29, 1.82) is 0 Å². The zero-order valence-electron chi connectivity index (χ0n) is 18.4. The van der Waals surface area contributed by atoms with Crippen LogP contribution in [0, 0.1) is 11.7 Å². The Morgan fingerprint density at radius 1 is 0.853 bits per heavy atom. The summed E-state index contributed by atoms with van der Waals surface area (Å²) in [5, 5.41) is 16.9. The lowest BCUT2D eigenvalue weighted by molar-refractivity contribution is -0.140. The van der Waals surface area contributed by atoms with Gasteiger partial charge in [0, 0.05) is 16.9 Å². The van der Waals surface area contributed by atoms with Crippen LogP contribution >= 0.6 is 11.6 Å². The molecule has 0 heterocycles. The highest BCUT2D eigenvalue weighted by Crippen LogP contribution is 2.23. The van der Waals surface area contributed by atoms with Crippen LogP contribution in [0.5, 0.6) is 0 Å². The fourth-order valence-corrected chi connectivity index (χ4v) is 3.35. The lowest BCUT2D eigenvalue weighted by Gasteiger charge is -2.18. The third-order valence-electron chi connectivity index (χ3n) is 5.02. The summed E-state index contributed by atoms with van der Waals surface area (Å²) in [5.74, 6) is -2.36. The van der Waals surface area contributed by atoms with E-state index in [2.05, 4.69) is 16.0 Å². The Kier molecular flexibility index (Phi) is 7.86. The molecule has 0 aliphatic rings. The van der Waals surface area contributed by atoms with Gasteiger partial charge in [0.05, 0.1) is 5.02 Å². The van der Waals surface area contributed by atoms with Gasteiger partial charge in [-0.25, -0.2) is 14.0 Å². The van der Waals surface area contributed by atoms with Crippen LogP contribution in [0.25, 0.3) is 11.1 Å². The van der Waals surface area contributed by atoms with E-state index in [-0.39, 0.29) is 10.9 Å². The predicted octanol–water partition coefficient (Wildman–Crippen LogP) is 5.63. The molecular weight excluding hydrogens is 461 g/mol. The normalized spacial score (nSPS) is 11.6. The number of anilines is 2. The number of hydrogen-bond acceptors (Lipinski definition) is 3. The van der Waals surface area contributed by atoms with Crippen LogP contribution in [0.4, 0.5) is 20.6 Å². The molecule has 0 radical (unpaired) electrons. The molecule has 34 heavy (non-hydrogen) atoms. The van der Waals surface area contributed by atoms with Crippen LogP contribution in [0.15, 0.2) is 66.7 Å². The summed E-state index contributed by atoms with van der Waals surface area (Å²) >= 11 is 5.71. The third kappa shape index (κ3) is 6.32. The molecule has 0 aliphatic carbocycles. The molecule has 9 heteroatoms. The number of benzene rings is 3. The van der Waals surface area contributed by atoms with Crippen LogP contribution in [0.2, 0.25) is 5.02 Å². The molecule has 3 amide bonds. The minimum Gasteiger partial charge on any atom is -0.480 e. The molecule has 7 nitrogen and oxygen atoms in total. The van der Waals surface area contributed by atoms with Gasteiger partial charge >= 0.3 is 12.0 Å². The third-order valence-corrected chi connectivity index (χ3v) is 5.31. The molecule has 4 N–H and O–H groups in total. The molecule has 0 saturated heterocycles. The number of aliphatic carboxylic acids is 1. The van der Waals surface area contributed by atoms with E-state index in [0.29, 0.717) is 16.9 Å². The number of urea groups is 1. The monoisotopic (exact) mass is 483 g/mol. The Balaban J connectivity index is 1.61. The Labute approximate surface area is 200 Å². The Hall–Kier alpha value is -3.91. The van der Waals surface area contributed by atoms with Crippen LogP contribution in [0.3, 0.4) is 0 Å². The number of nitrogens with one attached hydrogen (secondary N) is 3. The van der Waals surface area contributed by atoms with E-state index in [1.165, 1.54) is 12.1 Å². The van der Waals surface area contributed by atoms with Gasteiger partial charge in [0.25, 0.3) is 5.91 Å². The van der Waals surface area contributed by atoms with Gasteiger partial charge in [0.15, 0.2) is 0 Å². The summed E-state index contributed by atoms with van der Waals surface area (Å²) < 4.78 is 13.2. The highest BCUT2D eigenvalue weighted by atomic mass is 35.5. The van der Waals surface area contributed by atoms with E-state index in [0.717, 1.165) is 17.2 Å². The van der Waals surface area contributed by atoms with E-state index in [4.69, 9.17) is 11.6 Å². The van der Waals surface area contributed by atoms with Crippen LogP contribution < -0.4 is 16.0 Å². The number of halogens is 2. The van der Waals surface area contributed by atoms with Crippen molar-refractivity contribution in [1.82, 2.24) is 5.32 Å². The molecule has 176 valence electrons. The Morgan fingerprint density at radius 3 is 1.91 bits per heavy atom. The number of hydrogen-bond donors (Lipinski definition) is 4. The summed E-state index contributed by atoms with van der Waals surface area (Å²) in [7, 11) is 0. The van der Waals surface area contributed by atoms with E-state index in [1.807, 2.05) is 0 Å². The van der Waals surface area contributed by atoms with Gasteiger partial charge in [-0.1, -0.05) is 49.7 Å². The van der Waals surface area contributed by atoms with E-state index in [1.54, 1.807) is 62.4 Å². The number of carbonyl (C=O) groups excluding carboxylic acids is 2. The van der Waals surface area contributed by atoms with Gasteiger partial charge in [-0.15, -0.1) is 0 Å². The van der Waals surface area contributed by atoms with Crippen LogP contribution in [0.1, 0.15) is 24.2 Å². The van der Waals surface area contributed by atoms with Crippen molar-refractivity contribution in [3.63, 3.8) is 0 Å². The number of carboxylic acid groups (broad SMARTS) is 1. The minimum absolute atomic E-state index is 0.0905. The molecule has 3 aromatic rings. The van der Waals surface area contributed by atoms with Crippen molar-refractivity contribution >= 4 is 40.9 Å².